The SMILES string of the molecule is O=C(N/N=C/c1ccc(-c2ccc(Cl)c(Cl)c2)o1)C(=O)Nc1ccc(F)cc1. The van der Waals surface area contributed by atoms with Crippen LogP contribution in [0.25, 0.3) is 11.3 Å². The van der Waals surface area contributed by atoms with E-state index in [1.807, 2.05) is 0 Å². The van der Waals surface area contributed by atoms with Gasteiger partial charge in [0.25, 0.3) is 0 Å². The summed E-state index contributed by atoms with van der Waals surface area (Å²) in [7, 11) is 0. The van der Waals surface area contributed by atoms with Gasteiger partial charge in [0.15, 0.2) is 0 Å². The van der Waals surface area contributed by atoms with Crippen molar-refractivity contribution in [3.05, 3.63) is 76.2 Å². The molecule has 0 bridgehead atoms. The summed E-state index contributed by atoms with van der Waals surface area (Å²) in [6.07, 6.45) is 1.24. The van der Waals surface area contributed by atoms with Gasteiger partial charge in [-0.2, -0.15) is 5.10 Å². The molecule has 9 heteroatoms. The summed E-state index contributed by atoms with van der Waals surface area (Å²) in [5, 5.41) is 6.81. The van der Waals surface area contributed by atoms with Crippen molar-refractivity contribution in [1.29, 1.82) is 0 Å². The molecule has 0 saturated carbocycles. The number of amides is 2. The van der Waals surface area contributed by atoms with Gasteiger partial charge in [-0.1, -0.05) is 23.2 Å². The van der Waals surface area contributed by atoms with Gasteiger partial charge in [0.05, 0.1) is 16.3 Å². The van der Waals surface area contributed by atoms with E-state index in [1.165, 1.54) is 18.3 Å². The van der Waals surface area contributed by atoms with Crippen LogP contribution in [0.15, 0.2) is 64.1 Å². The Kier molecular flexibility index (Phi) is 6.08. The van der Waals surface area contributed by atoms with Gasteiger partial charge in [-0.25, -0.2) is 9.82 Å². The van der Waals surface area contributed by atoms with E-state index in [4.69, 9.17) is 27.6 Å². The van der Waals surface area contributed by atoms with Gasteiger partial charge in [0, 0.05) is 11.3 Å². The Labute approximate surface area is 168 Å². The first-order chi connectivity index (χ1) is 13.4. The minimum Gasteiger partial charge on any atom is -0.455 e. The Morgan fingerprint density at radius 2 is 1.71 bits per heavy atom. The molecular formula is C19H12Cl2FN3O3. The van der Waals surface area contributed by atoms with Crippen molar-refractivity contribution in [3.63, 3.8) is 0 Å². The number of halogens is 3. The molecule has 2 amide bonds. The largest absolute Gasteiger partial charge is 0.455 e. The third-order valence-electron chi connectivity index (χ3n) is 3.50. The highest BCUT2D eigenvalue weighted by Gasteiger charge is 2.13. The summed E-state index contributed by atoms with van der Waals surface area (Å²) in [5.41, 5.74) is 3.07. The van der Waals surface area contributed by atoms with Gasteiger partial charge in [0.1, 0.15) is 17.3 Å². The molecule has 0 spiro atoms. The van der Waals surface area contributed by atoms with E-state index in [2.05, 4.69) is 15.8 Å². The molecule has 0 atom stereocenters. The molecule has 0 aliphatic carbocycles. The minimum absolute atomic E-state index is 0.280. The van der Waals surface area contributed by atoms with Gasteiger partial charge in [-0.05, 0) is 54.6 Å². The van der Waals surface area contributed by atoms with Crippen molar-refractivity contribution in [3.8, 4) is 11.3 Å². The highest BCUT2D eigenvalue weighted by atomic mass is 35.5. The minimum atomic E-state index is -0.989. The standard InChI is InChI=1S/C19H12Cl2FN3O3/c20-15-7-1-11(9-16(15)21)17-8-6-14(28-17)10-23-25-19(27)18(26)24-13-4-2-12(22)3-5-13/h1-10H,(H,24,26)(H,25,27)/b23-10+. The number of nitrogens with zero attached hydrogens (tertiary/aromatic N) is 1. The number of rotatable bonds is 4. The van der Waals surface area contributed by atoms with Gasteiger partial charge in [-0.3, -0.25) is 9.59 Å². The monoisotopic (exact) mass is 419 g/mol. The molecule has 0 fully saturated rings. The second-order valence-corrected chi connectivity index (χ2v) is 6.31. The Morgan fingerprint density at radius 3 is 2.43 bits per heavy atom. The predicted molar refractivity (Wildman–Crippen MR) is 105 cm³/mol. The lowest BCUT2D eigenvalue weighted by molar-refractivity contribution is -0.136. The van der Waals surface area contributed by atoms with Crippen LogP contribution in [-0.4, -0.2) is 18.0 Å². The van der Waals surface area contributed by atoms with E-state index < -0.39 is 17.6 Å². The number of hydrogen-bond donors (Lipinski definition) is 2. The number of hydrazone groups is 1. The lowest BCUT2D eigenvalue weighted by Crippen LogP contribution is -2.32. The number of hydrogen-bond acceptors (Lipinski definition) is 4. The number of carbonyl (C=O) groups is 2. The van der Waals surface area contributed by atoms with Gasteiger partial charge in [-0.15, -0.1) is 0 Å². The Bertz CT molecular complexity index is 1050. The average molecular weight is 420 g/mol. The second-order valence-electron chi connectivity index (χ2n) is 5.49. The molecule has 3 aromatic rings. The third kappa shape index (κ3) is 4.97. The maximum atomic E-state index is 12.8. The molecule has 0 radical (unpaired) electrons. The highest BCUT2D eigenvalue weighted by molar-refractivity contribution is 6.42. The summed E-state index contributed by atoms with van der Waals surface area (Å²) < 4.78 is 18.4. The zero-order chi connectivity index (χ0) is 20.1. The Morgan fingerprint density at radius 1 is 0.964 bits per heavy atom. The van der Waals surface area contributed by atoms with Crippen molar-refractivity contribution in [1.82, 2.24) is 5.43 Å². The predicted octanol–water partition coefficient (Wildman–Crippen LogP) is 4.48. The number of anilines is 1. The van der Waals surface area contributed by atoms with E-state index in [1.54, 1.807) is 30.3 Å². The lowest BCUT2D eigenvalue weighted by atomic mass is 10.2. The summed E-state index contributed by atoms with van der Waals surface area (Å²) in [4.78, 5) is 23.5. The van der Waals surface area contributed by atoms with Crippen molar-refractivity contribution in [2.45, 2.75) is 0 Å². The van der Waals surface area contributed by atoms with Crippen LogP contribution >= 0.6 is 23.2 Å². The molecule has 28 heavy (non-hydrogen) atoms. The normalized spacial score (nSPS) is 10.8. The van der Waals surface area contributed by atoms with Crippen LogP contribution in [-0.2, 0) is 9.59 Å². The fourth-order valence-corrected chi connectivity index (χ4v) is 2.45. The van der Waals surface area contributed by atoms with E-state index in [0.29, 0.717) is 21.6 Å². The molecule has 1 aromatic heterocycles. The zero-order valence-corrected chi connectivity index (χ0v) is 15.6. The van der Waals surface area contributed by atoms with Crippen LogP contribution in [0.2, 0.25) is 10.0 Å². The molecule has 0 saturated heterocycles. The topological polar surface area (TPSA) is 83.7 Å². The van der Waals surface area contributed by atoms with E-state index in [-0.39, 0.29) is 5.69 Å². The van der Waals surface area contributed by atoms with E-state index >= 15 is 0 Å². The first kappa shape index (κ1) is 19.6. The number of nitrogens with one attached hydrogen (secondary N) is 2. The number of carbonyl (C=O) groups excluding carboxylic acids is 2. The van der Waals surface area contributed by atoms with Crippen LogP contribution in [0.4, 0.5) is 10.1 Å². The van der Waals surface area contributed by atoms with Crippen molar-refractivity contribution in [2.75, 3.05) is 5.32 Å². The first-order valence-electron chi connectivity index (χ1n) is 7.87. The van der Waals surface area contributed by atoms with E-state index in [0.717, 1.165) is 17.7 Å². The fraction of sp³-hybridized carbons (Fsp3) is 0. The van der Waals surface area contributed by atoms with Gasteiger partial charge < -0.3 is 9.73 Å². The summed E-state index contributed by atoms with van der Waals surface area (Å²) in [6.45, 7) is 0. The van der Waals surface area contributed by atoms with Crippen molar-refractivity contribution < 1.29 is 18.4 Å². The van der Waals surface area contributed by atoms with E-state index in [9.17, 15) is 14.0 Å². The van der Waals surface area contributed by atoms with Crippen LogP contribution < -0.4 is 10.7 Å². The van der Waals surface area contributed by atoms with Crippen LogP contribution in [0.3, 0.4) is 0 Å². The van der Waals surface area contributed by atoms with Gasteiger partial charge >= 0.3 is 11.8 Å². The fourth-order valence-electron chi connectivity index (χ4n) is 2.15. The number of benzene rings is 2. The molecule has 2 aromatic carbocycles. The highest BCUT2D eigenvalue weighted by Crippen LogP contribution is 2.29. The maximum absolute atomic E-state index is 12.8. The second kappa shape index (κ2) is 8.69. The van der Waals surface area contributed by atoms with Gasteiger partial charge in [0.2, 0.25) is 0 Å². The maximum Gasteiger partial charge on any atom is 0.329 e. The van der Waals surface area contributed by atoms with Crippen LogP contribution in [0.1, 0.15) is 5.76 Å². The molecule has 2 N–H and O–H groups in total. The smallest absolute Gasteiger partial charge is 0.329 e. The third-order valence-corrected chi connectivity index (χ3v) is 4.24. The molecule has 0 aliphatic rings. The quantitative estimate of drug-likeness (QED) is 0.371. The molecule has 1 heterocycles. The molecule has 0 aliphatic heterocycles. The zero-order valence-electron chi connectivity index (χ0n) is 14.1. The van der Waals surface area contributed by atoms with Crippen molar-refractivity contribution in [2.24, 2.45) is 5.10 Å². The van der Waals surface area contributed by atoms with Crippen LogP contribution in [0.5, 0.6) is 0 Å². The summed E-state index contributed by atoms with van der Waals surface area (Å²) >= 11 is 11.9. The molecule has 0 unspecified atom stereocenters. The average Bonchev–Trinajstić information content (AvgIpc) is 3.14. The van der Waals surface area contributed by atoms with Crippen LogP contribution in [0, 0.1) is 5.82 Å². The lowest BCUT2D eigenvalue weighted by Gasteiger charge is -2.03. The first-order valence-corrected chi connectivity index (χ1v) is 8.63. The summed E-state index contributed by atoms with van der Waals surface area (Å²) in [6, 6.07) is 13.4. The molecule has 142 valence electrons. The molecular weight excluding hydrogens is 408 g/mol. The molecule has 6 nitrogen and oxygen atoms in total. The Balaban J connectivity index is 1.57. The molecule has 3 rings (SSSR count). The summed E-state index contributed by atoms with van der Waals surface area (Å²) in [5.74, 6) is -1.51. The number of furan rings is 1. The Hall–Kier alpha value is -3.16. The van der Waals surface area contributed by atoms with Crippen molar-refractivity contribution >= 4 is 46.9 Å².